The molecule has 0 saturated carbocycles. The molecule has 1 aliphatic rings. The molecule has 5 heterocycles. The first-order chi connectivity index (χ1) is 14.3. The van der Waals surface area contributed by atoms with Gasteiger partial charge in [0.25, 0.3) is 0 Å². The highest BCUT2D eigenvalue weighted by Gasteiger charge is 2.25. The van der Waals surface area contributed by atoms with Gasteiger partial charge in [-0.25, -0.2) is 0 Å². The fraction of sp³-hybridized carbons (Fsp3) is 0.333. The van der Waals surface area contributed by atoms with Gasteiger partial charge in [-0.2, -0.15) is 9.61 Å². The maximum atomic E-state index is 4.80. The molecule has 4 aromatic rings. The van der Waals surface area contributed by atoms with E-state index in [1.54, 1.807) is 12.4 Å². The lowest BCUT2D eigenvalue weighted by Crippen LogP contribution is -2.33. The van der Waals surface area contributed by atoms with E-state index in [4.69, 9.17) is 5.10 Å². The number of rotatable bonds is 4. The molecule has 0 aromatic carbocycles. The van der Waals surface area contributed by atoms with E-state index < -0.39 is 0 Å². The fourth-order valence-corrected chi connectivity index (χ4v) is 3.90. The van der Waals surface area contributed by atoms with Gasteiger partial charge in [0.05, 0.1) is 17.1 Å². The number of aromatic nitrogens is 7. The van der Waals surface area contributed by atoms with Crippen LogP contribution in [0.5, 0.6) is 0 Å². The highest BCUT2D eigenvalue weighted by atomic mass is 15.4. The number of fused-ring (bicyclic) bond motifs is 1. The minimum atomic E-state index is 0.349. The molecule has 0 spiro atoms. The lowest BCUT2D eigenvalue weighted by molar-refractivity contribution is 0.198. The van der Waals surface area contributed by atoms with Crippen LogP contribution in [0.25, 0.3) is 16.9 Å². The maximum absolute atomic E-state index is 4.80. The molecule has 8 nitrogen and oxygen atoms in total. The van der Waals surface area contributed by atoms with Crippen LogP contribution in [0.15, 0.2) is 49.1 Å². The van der Waals surface area contributed by atoms with Crippen molar-refractivity contribution in [1.29, 1.82) is 0 Å². The summed E-state index contributed by atoms with van der Waals surface area (Å²) in [5.41, 5.74) is 4.64. The molecular weight excluding hydrogens is 364 g/mol. The minimum Gasteiger partial charge on any atom is -0.297 e. The Balaban J connectivity index is 1.33. The third-order valence-corrected chi connectivity index (χ3v) is 5.39. The summed E-state index contributed by atoms with van der Waals surface area (Å²) in [5.74, 6) is 1.29. The number of likely N-dealkylation sites (tertiary alicyclic amines) is 1. The summed E-state index contributed by atoms with van der Waals surface area (Å²) in [5, 5.41) is 13.6. The first-order valence-electron chi connectivity index (χ1n) is 9.89. The van der Waals surface area contributed by atoms with Crippen molar-refractivity contribution in [2.24, 2.45) is 0 Å². The number of pyridine rings is 1. The smallest absolute Gasteiger partial charge is 0.177 e. The van der Waals surface area contributed by atoms with E-state index in [1.165, 1.54) is 0 Å². The van der Waals surface area contributed by atoms with E-state index in [1.807, 2.05) is 48.1 Å². The van der Waals surface area contributed by atoms with E-state index in [0.29, 0.717) is 5.92 Å². The second-order valence-corrected chi connectivity index (χ2v) is 7.49. The summed E-state index contributed by atoms with van der Waals surface area (Å²) in [7, 11) is 0. The van der Waals surface area contributed by atoms with Crippen molar-refractivity contribution in [1.82, 2.24) is 39.7 Å². The van der Waals surface area contributed by atoms with Crippen molar-refractivity contribution in [3.8, 4) is 11.3 Å². The van der Waals surface area contributed by atoms with Crippen LogP contribution in [0.1, 0.15) is 36.0 Å². The summed E-state index contributed by atoms with van der Waals surface area (Å²) in [4.78, 5) is 15.4. The zero-order chi connectivity index (χ0) is 19.6. The topological polar surface area (TPSA) is 85.0 Å². The molecule has 1 aliphatic heterocycles. The summed E-state index contributed by atoms with van der Waals surface area (Å²) in [6.45, 7) is 4.81. The Morgan fingerprint density at radius 3 is 2.69 bits per heavy atom. The van der Waals surface area contributed by atoms with E-state index in [0.717, 1.165) is 66.6 Å². The summed E-state index contributed by atoms with van der Waals surface area (Å²) < 4.78 is 1.90. The van der Waals surface area contributed by atoms with Crippen LogP contribution in [0.4, 0.5) is 0 Å². The average molecular weight is 386 g/mol. The van der Waals surface area contributed by atoms with Crippen molar-refractivity contribution >= 4 is 5.65 Å². The standard InChI is InChI=1S/C21H22N8/c1-15-11-23-13-18(24-15)14-28-9-6-16(7-10-28)21-26-25-20-5-4-19(27-29(20)21)17-3-2-8-22-12-17/h2-5,8,11-13,16H,6-7,9-10,14H2,1H3. The van der Waals surface area contributed by atoms with Crippen molar-refractivity contribution in [2.45, 2.75) is 32.2 Å². The number of aryl methyl sites for hydroxylation is 1. The minimum absolute atomic E-state index is 0.349. The molecule has 146 valence electrons. The quantitative estimate of drug-likeness (QED) is 0.533. The van der Waals surface area contributed by atoms with Crippen LogP contribution < -0.4 is 0 Å². The molecule has 0 atom stereocenters. The van der Waals surface area contributed by atoms with Crippen LogP contribution in [0, 0.1) is 6.92 Å². The molecule has 1 fully saturated rings. The number of piperidine rings is 1. The van der Waals surface area contributed by atoms with Crippen molar-refractivity contribution in [2.75, 3.05) is 13.1 Å². The number of nitrogens with zero attached hydrogens (tertiary/aromatic N) is 8. The highest BCUT2D eigenvalue weighted by molar-refractivity contribution is 5.58. The highest BCUT2D eigenvalue weighted by Crippen LogP contribution is 2.28. The molecule has 4 aromatic heterocycles. The Morgan fingerprint density at radius 2 is 1.90 bits per heavy atom. The lowest BCUT2D eigenvalue weighted by Gasteiger charge is -2.30. The van der Waals surface area contributed by atoms with Gasteiger partial charge in [-0.3, -0.25) is 19.9 Å². The third kappa shape index (κ3) is 3.71. The van der Waals surface area contributed by atoms with E-state index in [2.05, 4.69) is 30.0 Å². The molecule has 29 heavy (non-hydrogen) atoms. The zero-order valence-electron chi connectivity index (χ0n) is 16.3. The monoisotopic (exact) mass is 386 g/mol. The van der Waals surface area contributed by atoms with Crippen molar-refractivity contribution in [3.05, 3.63) is 66.3 Å². The summed E-state index contributed by atoms with van der Waals surface area (Å²) in [6.07, 6.45) is 9.29. The van der Waals surface area contributed by atoms with Crippen LogP contribution in [-0.2, 0) is 6.54 Å². The molecular formula is C21H22N8. The van der Waals surface area contributed by atoms with Crippen molar-refractivity contribution in [3.63, 3.8) is 0 Å². The predicted molar refractivity (Wildman–Crippen MR) is 108 cm³/mol. The van der Waals surface area contributed by atoms with E-state index >= 15 is 0 Å². The molecule has 0 amide bonds. The molecule has 0 N–H and O–H groups in total. The molecule has 0 unspecified atom stereocenters. The van der Waals surface area contributed by atoms with E-state index in [9.17, 15) is 0 Å². The van der Waals surface area contributed by atoms with Gasteiger partial charge in [0.15, 0.2) is 11.5 Å². The van der Waals surface area contributed by atoms with Crippen LogP contribution in [-0.4, -0.2) is 52.8 Å². The van der Waals surface area contributed by atoms with Gasteiger partial charge in [-0.1, -0.05) is 0 Å². The van der Waals surface area contributed by atoms with Gasteiger partial charge in [0.1, 0.15) is 0 Å². The third-order valence-electron chi connectivity index (χ3n) is 5.39. The molecule has 0 aliphatic carbocycles. The normalized spacial score (nSPS) is 15.8. The second kappa shape index (κ2) is 7.63. The summed E-state index contributed by atoms with van der Waals surface area (Å²) in [6, 6.07) is 7.87. The first kappa shape index (κ1) is 17.8. The van der Waals surface area contributed by atoms with Gasteiger partial charge in [-0.05, 0) is 57.1 Å². The Kier molecular flexibility index (Phi) is 4.69. The molecule has 0 bridgehead atoms. The van der Waals surface area contributed by atoms with Gasteiger partial charge in [0, 0.05) is 42.8 Å². The van der Waals surface area contributed by atoms with Gasteiger partial charge in [-0.15, -0.1) is 10.2 Å². The number of hydrogen-bond acceptors (Lipinski definition) is 7. The van der Waals surface area contributed by atoms with Crippen molar-refractivity contribution < 1.29 is 0 Å². The van der Waals surface area contributed by atoms with Gasteiger partial charge >= 0.3 is 0 Å². The Morgan fingerprint density at radius 1 is 1.00 bits per heavy atom. The number of hydrogen-bond donors (Lipinski definition) is 0. The maximum Gasteiger partial charge on any atom is 0.177 e. The second-order valence-electron chi connectivity index (χ2n) is 7.49. The average Bonchev–Trinajstić information content (AvgIpc) is 3.18. The molecule has 8 heteroatoms. The Bertz CT molecular complexity index is 1120. The Hall–Kier alpha value is -3.26. The predicted octanol–water partition coefficient (Wildman–Crippen LogP) is 2.66. The van der Waals surface area contributed by atoms with E-state index in [-0.39, 0.29) is 0 Å². The summed E-state index contributed by atoms with van der Waals surface area (Å²) >= 11 is 0. The SMILES string of the molecule is Cc1cncc(CN2CCC(c3nnc4ccc(-c5cccnc5)nn34)CC2)n1. The molecule has 1 saturated heterocycles. The Labute approximate surface area is 168 Å². The van der Waals surface area contributed by atoms with Gasteiger partial charge < -0.3 is 0 Å². The zero-order valence-corrected chi connectivity index (χ0v) is 16.3. The molecule has 5 rings (SSSR count). The van der Waals surface area contributed by atoms with Crippen LogP contribution in [0.2, 0.25) is 0 Å². The molecule has 0 radical (unpaired) electrons. The first-order valence-corrected chi connectivity index (χ1v) is 9.89. The fourth-order valence-electron chi connectivity index (χ4n) is 3.90. The van der Waals surface area contributed by atoms with Crippen LogP contribution >= 0.6 is 0 Å². The van der Waals surface area contributed by atoms with Gasteiger partial charge in [0.2, 0.25) is 0 Å². The largest absolute Gasteiger partial charge is 0.297 e. The van der Waals surface area contributed by atoms with Crippen LogP contribution in [0.3, 0.4) is 0 Å². The lowest BCUT2D eigenvalue weighted by atomic mass is 9.96.